The number of aromatic nitrogens is 1. The van der Waals surface area contributed by atoms with Gasteiger partial charge in [0.15, 0.2) is 0 Å². The lowest BCUT2D eigenvalue weighted by Gasteiger charge is -2.06. The Bertz CT molecular complexity index is 689. The minimum absolute atomic E-state index is 0.00278. The molecule has 0 saturated heterocycles. The second kappa shape index (κ2) is 5.98. The van der Waals surface area contributed by atoms with Crippen LogP contribution in [-0.4, -0.2) is 16.8 Å². The van der Waals surface area contributed by atoms with Gasteiger partial charge in [-0.1, -0.05) is 0 Å². The molecule has 1 saturated carbocycles. The maximum absolute atomic E-state index is 12.0. The molecular weight excluding hydrogens is 284 g/mol. The normalized spacial score (nSPS) is 13.7. The molecule has 7 heteroatoms. The summed E-state index contributed by atoms with van der Waals surface area (Å²) >= 11 is 0. The smallest absolute Gasteiger partial charge is 0.258 e. The first kappa shape index (κ1) is 14.3. The van der Waals surface area contributed by atoms with E-state index in [0.29, 0.717) is 22.8 Å². The van der Waals surface area contributed by atoms with Gasteiger partial charge in [-0.2, -0.15) is 0 Å². The zero-order valence-electron chi connectivity index (χ0n) is 11.8. The molecule has 2 aromatic rings. The van der Waals surface area contributed by atoms with Gasteiger partial charge in [-0.05, 0) is 31.0 Å². The Labute approximate surface area is 126 Å². The lowest BCUT2D eigenvalue weighted by atomic mass is 10.3. The van der Waals surface area contributed by atoms with E-state index < -0.39 is 0 Å². The standard InChI is InChI=1S/C15H16N4O3/c16-6-12-5-10(8-22-12)15(21)18-11-3-4-13(17-7-11)19-14(20)9-1-2-9/h3-5,7-9H,1-2,6,16H2,(H,18,21)(H,17,19,20). The van der Waals surface area contributed by atoms with Crippen molar-refractivity contribution in [2.45, 2.75) is 19.4 Å². The van der Waals surface area contributed by atoms with Crippen molar-refractivity contribution in [3.8, 4) is 0 Å². The summed E-state index contributed by atoms with van der Waals surface area (Å²) in [6, 6.07) is 4.92. The molecule has 0 unspecified atom stereocenters. The molecule has 0 spiro atoms. The van der Waals surface area contributed by atoms with Crippen molar-refractivity contribution in [2.24, 2.45) is 11.7 Å². The second-order valence-corrected chi connectivity index (χ2v) is 5.16. The van der Waals surface area contributed by atoms with Crippen LogP contribution in [0.2, 0.25) is 0 Å². The minimum Gasteiger partial charge on any atom is -0.467 e. The molecule has 1 aliphatic carbocycles. The summed E-state index contributed by atoms with van der Waals surface area (Å²) in [5.74, 6) is 0.834. The molecule has 2 aromatic heterocycles. The van der Waals surface area contributed by atoms with E-state index in [0.717, 1.165) is 12.8 Å². The van der Waals surface area contributed by atoms with Gasteiger partial charge in [0.1, 0.15) is 17.8 Å². The zero-order chi connectivity index (χ0) is 15.5. The van der Waals surface area contributed by atoms with Crippen LogP contribution in [0.5, 0.6) is 0 Å². The van der Waals surface area contributed by atoms with Crippen LogP contribution in [-0.2, 0) is 11.3 Å². The van der Waals surface area contributed by atoms with Crippen molar-refractivity contribution in [2.75, 3.05) is 10.6 Å². The van der Waals surface area contributed by atoms with E-state index in [4.69, 9.17) is 10.2 Å². The molecule has 2 amide bonds. The summed E-state index contributed by atoms with van der Waals surface area (Å²) in [6.07, 6.45) is 4.73. The quantitative estimate of drug-likeness (QED) is 0.779. The highest BCUT2D eigenvalue weighted by Gasteiger charge is 2.29. The minimum atomic E-state index is -0.306. The number of amides is 2. The van der Waals surface area contributed by atoms with Crippen molar-refractivity contribution in [3.63, 3.8) is 0 Å². The Hall–Kier alpha value is -2.67. The molecule has 0 aliphatic heterocycles. The van der Waals surface area contributed by atoms with Crippen LogP contribution in [0, 0.1) is 5.92 Å². The fourth-order valence-electron chi connectivity index (χ4n) is 1.93. The Kier molecular flexibility index (Phi) is 3.88. The van der Waals surface area contributed by atoms with E-state index in [-0.39, 0.29) is 24.3 Å². The first-order valence-corrected chi connectivity index (χ1v) is 7.01. The van der Waals surface area contributed by atoms with E-state index in [1.54, 1.807) is 18.2 Å². The van der Waals surface area contributed by atoms with Gasteiger partial charge in [-0.3, -0.25) is 9.59 Å². The predicted octanol–water partition coefficient (Wildman–Crippen LogP) is 1.73. The number of carbonyl (C=O) groups excluding carboxylic acids is 2. The Morgan fingerprint density at radius 2 is 2.14 bits per heavy atom. The van der Waals surface area contributed by atoms with Crippen LogP contribution in [0.1, 0.15) is 29.0 Å². The number of furan rings is 1. The van der Waals surface area contributed by atoms with E-state index >= 15 is 0 Å². The molecule has 1 fully saturated rings. The van der Waals surface area contributed by atoms with Crippen LogP contribution < -0.4 is 16.4 Å². The number of nitrogens with two attached hydrogens (primary N) is 1. The van der Waals surface area contributed by atoms with Gasteiger partial charge in [-0.25, -0.2) is 4.98 Å². The lowest BCUT2D eigenvalue weighted by Crippen LogP contribution is -2.15. The third-order valence-electron chi connectivity index (χ3n) is 3.34. The molecule has 3 rings (SSSR count). The van der Waals surface area contributed by atoms with Gasteiger partial charge < -0.3 is 20.8 Å². The Morgan fingerprint density at radius 3 is 2.73 bits per heavy atom. The summed E-state index contributed by atoms with van der Waals surface area (Å²) in [5.41, 5.74) is 6.36. The maximum Gasteiger partial charge on any atom is 0.258 e. The second-order valence-electron chi connectivity index (χ2n) is 5.16. The SMILES string of the molecule is NCc1cc(C(=O)Nc2ccc(NC(=O)C3CC3)nc2)co1. The molecule has 2 heterocycles. The van der Waals surface area contributed by atoms with Crippen LogP contribution in [0.15, 0.2) is 35.1 Å². The van der Waals surface area contributed by atoms with Crippen molar-refractivity contribution < 1.29 is 14.0 Å². The van der Waals surface area contributed by atoms with E-state index in [9.17, 15) is 9.59 Å². The molecular formula is C15H16N4O3. The third-order valence-corrected chi connectivity index (χ3v) is 3.34. The summed E-state index contributed by atoms with van der Waals surface area (Å²) in [7, 11) is 0. The molecule has 0 aromatic carbocycles. The van der Waals surface area contributed by atoms with Gasteiger partial charge in [-0.15, -0.1) is 0 Å². The number of hydrogen-bond acceptors (Lipinski definition) is 5. The maximum atomic E-state index is 12.0. The van der Waals surface area contributed by atoms with Gasteiger partial charge in [0.05, 0.1) is 24.0 Å². The average Bonchev–Trinajstić information content (AvgIpc) is 3.26. The van der Waals surface area contributed by atoms with Gasteiger partial charge in [0.2, 0.25) is 5.91 Å². The lowest BCUT2D eigenvalue weighted by molar-refractivity contribution is -0.117. The topological polar surface area (TPSA) is 110 Å². The molecule has 1 aliphatic rings. The number of anilines is 2. The summed E-state index contributed by atoms with van der Waals surface area (Å²) in [6.45, 7) is 0.240. The van der Waals surface area contributed by atoms with Crippen LogP contribution in [0.25, 0.3) is 0 Å². The van der Waals surface area contributed by atoms with Crippen molar-refractivity contribution in [3.05, 3.63) is 42.0 Å². The van der Waals surface area contributed by atoms with Crippen molar-refractivity contribution in [1.29, 1.82) is 0 Å². The number of rotatable bonds is 5. The fourth-order valence-corrected chi connectivity index (χ4v) is 1.93. The van der Waals surface area contributed by atoms with E-state index in [1.165, 1.54) is 12.5 Å². The van der Waals surface area contributed by atoms with Gasteiger partial charge in [0.25, 0.3) is 5.91 Å². The monoisotopic (exact) mass is 300 g/mol. The van der Waals surface area contributed by atoms with Crippen LogP contribution in [0.4, 0.5) is 11.5 Å². The fraction of sp³-hybridized carbons (Fsp3) is 0.267. The number of carbonyl (C=O) groups is 2. The largest absolute Gasteiger partial charge is 0.467 e. The number of hydrogen-bond donors (Lipinski definition) is 3. The molecule has 114 valence electrons. The third kappa shape index (κ3) is 3.32. The molecule has 0 bridgehead atoms. The van der Waals surface area contributed by atoms with Crippen molar-refractivity contribution in [1.82, 2.24) is 4.98 Å². The molecule has 0 atom stereocenters. The Balaban J connectivity index is 1.60. The van der Waals surface area contributed by atoms with E-state index in [1.807, 2.05) is 0 Å². The molecule has 7 nitrogen and oxygen atoms in total. The number of pyridine rings is 1. The highest BCUT2D eigenvalue weighted by Crippen LogP contribution is 2.29. The first-order chi connectivity index (χ1) is 10.7. The average molecular weight is 300 g/mol. The Morgan fingerprint density at radius 1 is 1.32 bits per heavy atom. The molecule has 4 N–H and O–H groups in total. The number of nitrogens with one attached hydrogen (secondary N) is 2. The van der Waals surface area contributed by atoms with Crippen LogP contribution >= 0.6 is 0 Å². The molecule has 22 heavy (non-hydrogen) atoms. The predicted molar refractivity (Wildman–Crippen MR) is 80.1 cm³/mol. The number of nitrogens with zero attached hydrogens (tertiary/aromatic N) is 1. The summed E-state index contributed by atoms with van der Waals surface area (Å²) in [4.78, 5) is 27.7. The summed E-state index contributed by atoms with van der Waals surface area (Å²) in [5, 5.41) is 5.43. The first-order valence-electron chi connectivity index (χ1n) is 7.01. The van der Waals surface area contributed by atoms with Gasteiger partial charge >= 0.3 is 0 Å². The highest BCUT2D eigenvalue weighted by atomic mass is 16.3. The highest BCUT2D eigenvalue weighted by molar-refractivity contribution is 6.04. The molecule has 0 radical (unpaired) electrons. The van der Waals surface area contributed by atoms with Gasteiger partial charge in [0, 0.05) is 5.92 Å². The van der Waals surface area contributed by atoms with E-state index in [2.05, 4.69) is 15.6 Å². The zero-order valence-corrected chi connectivity index (χ0v) is 11.8. The summed E-state index contributed by atoms with van der Waals surface area (Å²) < 4.78 is 5.11. The van der Waals surface area contributed by atoms with Crippen molar-refractivity contribution >= 4 is 23.3 Å². The van der Waals surface area contributed by atoms with Crippen LogP contribution in [0.3, 0.4) is 0 Å².